The molecule has 8 heteroatoms. The number of ether oxygens (including phenoxy) is 2. The second-order valence-corrected chi connectivity index (χ2v) is 13.1. The van der Waals surface area contributed by atoms with Crippen LogP contribution in [0.5, 0.6) is 11.5 Å². The van der Waals surface area contributed by atoms with Gasteiger partial charge in [-0.15, -0.1) is 0 Å². The molecule has 238 valence electrons. The number of nitrogens with zero attached hydrogens (tertiary/aromatic N) is 1. The summed E-state index contributed by atoms with van der Waals surface area (Å²) in [4.78, 5) is 44.3. The summed E-state index contributed by atoms with van der Waals surface area (Å²) in [6, 6.07) is 25.8. The van der Waals surface area contributed by atoms with Crippen LogP contribution in [0.25, 0.3) is 0 Å². The highest BCUT2D eigenvalue weighted by Crippen LogP contribution is 2.56. The predicted molar refractivity (Wildman–Crippen MR) is 175 cm³/mol. The van der Waals surface area contributed by atoms with Crippen molar-refractivity contribution in [2.45, 2.75) is 81.7 Å². The minimum Gasteiger partial charge on any atom is -0.457 e. The molecule has 2 saturated heterocycles. The topological polar surface area (TPSA) is 97.0 Å². The lowest BCUT2D eigenvalue weighted by atomic mass is 9.74. The molecular weight excluding hydrogens is 578 g/mol. The number of anilines is 1. The highest BCUT2D eigenvalue weighted by Gasteiger charge is 2.73. The van der Waals surface area contributed by atoms with E-state index in [4.69, 9.17) is 9.47 Å². The number of aryl methyl sites for hydroxylation is 1. The molecule has 3 aromatic carbocycles. The summed E-state index contributed by atoms with van der Waals surface area (Å²) in [5.74, 6) is -0.847. The van der Waals surface area contributed by atoms with E-state index in [0.29, 0.717) is 17.9 Å². The summed E-state index contributed by atoms with van der Waals surface area (Å²) in [6.07, 6.45) is 9.84. The van der Waals surface area contributed by atoms with E-state index in [9.17, 15) is 14.4 Å². The van der Waals surface area contributed by atoms with Crippen LogP contribution in [0.3, 0.4) is 0 Å². The summed E-state index contributed by atoms with van der Waals surface area (Å²) < 4.78 is 12.5. The monoisotopic (exact) mass is 619 g/mol. The molecule has 4 aliphatic rings. The molecule has 6 atom stereocenters. The molecule has 2 N–H and O–H groups in total. The number of para-hydroxylation sites is 1. The Bertz CT molecular complexity index is 1590. The van der Waals surface area contributed by atoms with Gasteiger partial charge in [0.15, 0.2) is 0 Å². The van der Waals surface area contributed by atoms with Crippen LogP contribution in [0.15, 0.2) is 97.1 Å². The van der Waals surface area contributed by atoms with Crippen LogP contribution in [0.4, 0.5) is 5.69 Å². The van der Waals surface area contributed by atoms with Crippen molar-refractivity contribution < 1.29 is 23.9 Å². The summed E-state index contributed by atoms with van der Waals surface area (Å²) in [7, 11) is 0. The predicted octanol–water partition coefficient (Wildman–Crippen LogP) is 6.04. The minimum absolute atomic E-state index is 0.0868. The first-order chi connectivity index (χ1) is 22.4. The van der Waals surface area contributed by atoms with Gasteiger partial charge in [0, 0.05) is 17.8 Å². The van der Waals surface area contributed by atoms with Crippen LogP contribution < -0.4 is 15.4 Å². The number of hydrogen-bond donors (Lipinski definition) is 2. The van der Waals surface area contributed by atoms with Crippen molar-refractivity contribution in [3.8, 4) is 11.5 Å². The lowest BCUT2D eigenvalue weighted by Gasteiger charge is -2.36. The van der Waals surface area contributed by atoms with Crippen molar-refractivity contribution in [1.82, 2.24) is 10.2 Å². The normalized spacial score (nSPS) is 27.3. The molecule has 3 fully saturated rings. The molecule has 8 nitrogen and oxygen atoms in total. The second kappa shape index (κ2) is 12.8. The van der Waals surface area contributed by atoms with E-state index in [1.54, 1.807) is 29.2 Å². The van der Waals surface area contributed by atoms with E-state index in [2.05, 4.69) is 22.8 Å². The van der Waals surface area contributed by atoms with E-state index >= 15 is 0 Å². The van der Waals surface area contributed by atoms with Gasteiger partial charge in [-0.2, -0.15) is 0 Å². The van der Waals surface area contributed by atoms with Crippen LogP contribution >= 0.6 is 0 Å². The molecule has 46 heavy (non-hydrogen) atoms. The number of nitrogens with one attached hydrogen (secondary N) is 2. The summed E-state index contributed by atoms with van der Waals surface area (Å²) >= 11 is 0. The van der Waals surface area contributed by atoms with Gasteiger partial charge in [-0.25, -0.2) is 0 Å². The number of amides is 3. The third-order valence-electron chi connectivity index (χ3n) is 10.1. The maximum atomic E-state index is 14.5. The average Bonchev–Trinajstić information content (AvgIpc) is 3.73. The van der Waals surface area contributed by atoms with Gasteiger partial charge >= 0.3 is 0 Å². The lowest BCUT2D eigenvalue weighted by molar-refractivity contribution is -0.143. The van der Waals surface area contributed by atoms with E-state index in [0.717, 1.165) is 37.9 Å². The Labute approximate surface area is 270 Å². The lowest BCUT2D eigenvalue weighted by Crippen LogP contribution is -2.58. The third kappa shape index (κ3) is 5.71. The van der Waals surface area contributed by atoms with Crippen molar-refractivity contribution in [3.63, 3.8) is 0 Å². The molecule has 7 rings (SSSR count). The third-order valence-corrected chi connectivity index (χ3v) is 10.1. The fourth-order valence-corrected chi connectivity index (χ4v) is 7.82. The Kier molecular flexibility index (Phi) is 8.38. The van der Waals surface area contributed by atoms with Crippen molar-refractivity contribution in [2.75, 3.05) is 5.32 Å². The first-order valence-corrected chi connectivity index (χ1v) is 16.6. The SMILES string of the molecule is C[C@H](CCc1ccccc1)N1C(=O)[C@H]2[C@@H](C(=O)Nc3ccc(Oc4ccccc4)cc3)[C@H]3C=C[C@@]2(O3)[C@@H]1C(=O)NC1CCCCC1. The van der Waals surface area contributed by atoms with Crippen LogP contribution in [0, 0.1) is 11.8 Å². The molecule has 3 heterocycles. The molecule has 2 bridgehead atoms. The Morgan fingerprint density at radius 3 is 2.30 bits per heavy atom. The minimum atomic E-state index is -1.18. The molecule has 0 aromatic heterocycles. The van der Waals surface area contributed by atoms with Gasteiger partial charge in [0.2, 0.25) is 17.7 Å². The Hall–Kier alpha value is -4.43. The van der Waals surface area contributed by atoms with Gasteiger partial charge in [-0.05, 0) is 74.6 Å². The average molecular weight is 620 g/mol. The highest BCUT2D eigenvalue weighted by molar-refractivity contribution is 6.03. The van der Waals surface area contributed by atoms with Gasteiger partial charge in [-0.3, -0.25) is 14.4 Å². The summed E-state index contributed by atoms with van der Waals surface area (Å²) in [6.45, 7) is 2.00. The highest BCUT2D eigenvalue weighted by atomic mass is 16.5. The second-order valence-electron chi connectivity index (χ2n) is 13.1. The summed E-state index contributed by atoms with van der Waals surface area (Å²) in [5, 5.41) is 6.29. The van der Waals surface area contributed by atoms with Crippen molar-refractivity contribution >= 4 is 23.4 Å². The van der Waals surface area contributed by atoms with Gasteiger partial charge in [0.1, 0.15) is 23.1 Å². The van der Waals surface area contributed by atoms with E-state index in [1.165, 1.54) is 12.0 Å². The molecule has 0 radical (unpaired) electrons. The number of carbonyl (C=O) groups excluding carboxylic acids is 3. The fourth-order valence-electron chi connectivity index (χ4n) is 7.82. The molecule has 1 aliphatic carbocycles. The van der Waals surface area contributed by atoms with E-state index < -0.39 is 29.6 Å². The number of fused-ring (bicyclic) bond motifs is 1. The molecule has 3 aliphatic heterocycles. The molecule has 3 aromatic rings. The molecule has 1 saturated carbocycles. The maximum Gasteiger partial charge on any atom is 0.246 e. The van der Waals surface area contributed by atoms with Gasteiger partial charge in [0.05, 0.1) is 17.9 Å². The summed E-state index contributed by atoms with van der Waals surface area (Å²) in [5.41, 5.74) is 0.588. The van der Waals surface area contributed by atoms with Crippen LogP contribution in [-0.2, 0) is 25.5 Å². The molecule has 3 amide bonds. The smallest absolute Gasteiger partial charge is 0.246 e. The fraction of sp³-hybridized carbons (Fsp3) is 0.395. The van der Waals surface area contributed by atoms with Crippen LogP contribution in [0.2, 0.25) is 0 Å². The van der Waals surface area contributed by atoms with Crippen molar-refractivity contribution in [3.05, 3.63) is 103 Å². The van der Waals surface area contributed by atoms with Crippen molar-refractivity contribution in [2.24, 2.45) is 11.8 Å². The van der Waals surface area contributed by atoms with E-state index in [-0.39, 0.29) is 29.8 Å². The Morgan fingerprint density at radius 2 is 1.59 bits per heavy atom. The number of hydrogen-bond acceptors (Lipinski definition) is 5. The largest absolute Gasteiger partial charge is 0.457 e. The Morgan fingerprint density at radius 1 is 0.913 bits per heavy atom. The first kappa shape index (κ1) is 30.2. The maximum absolute atomic E-state index is 14.5. The zero-order valence-corrected chi connectivity index (χ0v) is 26.1. The standard InChI is InChI=1S/C38H41N3O5/c1-25(17-18-26-11-5-2-6-12-26)41-34(36(43)40-27-13-7-3-8-14-27)38-24-23-31(46-38)32(33(38)37(41)44)35(42)39-28-19-21-30(22-20-28)45-29-15-9-4-10-16-29/h2,4-6,9-12,15-16,19-25,27,31-34H,3,7-8,13-14,17-18H2,1H3,(H,39,42)(H,40,43)/t25-,31-,32+,33-,34+,38+/m1/s1. The van der Waals surface area contributed by atoms with Crippen LogP contribution in [0.1, 0.15) is 51.0 Å². The first-order valence-electron chi connectivity index (χ1n) is 16.6. The zero-order valence-electron chi connectivity index (χ0n) is 26.1. The van der Waals surface area contributed by atoms with Gasteiger partial charge in [-0.1, -0.05) is 79.9 Å². The van der Waals surface area contributed by atoms with Gasteiger partial charge < -0.3 is 25.0 Å². The Balaban J connectivity index is 1.12. The number of carbonyl (C=O) groups is 3. The molecule has 1 spiro atoms. The quantitative estimate of drug-likeness (QED) is 0.270. The number of rotatable bonds is 10. The van der Waals surface area contributed by atoms with Crippen LogP contribution in [-0.4, -0.2) is 52.5 Å². The van der Waals surface area contributed by atoms with Crippen molar-refractivity contribution in [1.29, 1.82) is 0 Å². The van der Waals surface area contributed by atoms with Gasteiger partial charge in [0.25, 0.3) is 0 Å². The number of likely N-dealkylation sites (tertiary alicyclic amines) is 1. The molecule has 0 unspecified atom stereocenters. The number of benzene rings is 3. The molecular formula is C38H41N3O5. The van der Waals surface area contributed by atoms with E-state index in [1.807, 2.05) is 67.6 Å². The zero-order chi connectivity index (χ0) is 31.7.